The number of ketones is 1. The lowest BCUT2D eigenvalue weighted by molar-refractivity contribution is -0.127. The topological polar surface area (TPSA) is 37.3 Å². The summed E-state index contributed by atoms with van der Waals surface area (Å²) in [5, 5.41) is 10.00. The Kier molecular flexibility index (Phi) is 2.07. The van der Waals surface area contributed by atoms with Crippen LogP contribution in [0.5, 0.6) is 0 Å². The lowest BCUT2D eigenvalue weighted by Gasteiger charge is -2.33. The zero-order valence-corrected chi connectivity index (χ0v) is 8.92. The zero-order valence-electron chi connectivity index (χ0n) is 8.92. The van der Waals surface area contributed by atoms with Crippen LogP contribution in [0.15, 0.2) is 12.2 Å². The number of fused-ring (bicyclic) bond motifs is 2. The van der Waals surface area contributed by atoms with Crippen LogP contribution in [0.25, 0.3) is 0 Å². The van der Waals surface area contributed by atoms with Gasteiger partial charge in [-0.3, -0.25) is 4.79 Å². The van der Waals surface area contributed by atoms with Gasteiger partial charge in [-0.1, -0.05) is 19.1 Å². The average molecular weight is 194 g/mol. The van der Waals surface area contributed by atoms with Crippen molar-refractivity contribution in [2.75, 3.05) is 0 Å². The molecule has 78 valence electrons. The largest absolute Gasteiger partial charge is 0.392 e. The number of aliphatic hydroxyl groups excluding tert-OH is 1. The normalized spacial score (nSPS) is 47.6. The molecule has 2 bridgehead atoms. The third kappa shape index (κ3) is 1.33. The summed E-state index contributed by atoms with van der Waals surface area (Å²) in [4.78, 5) is 11.9. The molecule has 0 saturated heterocycles. The Labute approximate surface area is 85.0 Å². The van der Waals surface area contributed by atoms with Crippen molar-refractivity contribution < 1.29 is 9.90 Å². The van der Waals surface area contributed by atoms with Gasteiger partial charge in [-0.25, -0.2) is 0 Å². The Hall–Kier alpha value is -0.630. The smallest absolute Gasteiger partial charge is 0.142 e. The van der Waals surface area contributed by atoms with E-state index < -0.39 is 0 Å². The molecule has 0 unspecified atom stereocenters. The molecule has 0 aromatic heterocycles. The van der Waals surface area contributed by atoms with Crippen molar-refractivity contribution in [3.63, 3.8) is 0 Å². The van der Waals surface area contributed by atoms with Gasteiger partial charge in [-0.2, -0.15) is 0 Å². The first-order chi connectivity index (χ1) is 6.46. The number of rotatable bonds is 0. The van der Waals surface area contributed by atoms with E-state index in [1.165, 1.54) is 0 Å². The van der Waals surface area contributed by atoms with Crippen LogP contribution in [0.2, 0.25) is 0 Å². The molecule has 0 radical (unpaired) electrons. The number of carbonyl (C=O) groups excluding carboxylic acids is 1. The Bertz CT molecular complexity index is 295. The van der Waals surface area contributed by atoms with E-state index in [1.54, 1.807) is 0 Å². The molecular weight excluding hydrogens is 176 g/mol. The van der Waals surface area contributed by atoms with Gasteiger partial charge in [0.2, 0.25) is 0 Å². The summed E-state index contributed by atoms with van der Waals surface area (Å²) in [5.41, 5.74) is -0.487. The van der Waals surface area contributed by atoms with Gasteiger partial charge < -0.3 is 5.11 Å². The molecule has 2 rings (SSSR count). The highest BCUT2D eigenvalue weighted by Gasteiger charge is 2.43. The Morgan fingerprint density at radius 1 is 1.36 bits per heavy atom. The summed E-state index contributed by atoms with van der Waals surface area (Å²) >= 11 is 0. The van der Waals surface area contributed by atoms with E-state index in [0.717, 1.165) is 19.3 Å². The summed E-state index contributed by atoms with van der Waals surface area (Å²) in [5.74, 6) is 0.337. The van der Waals surface area contributed by atoms with Gasteiger partial charge in [-0.15, -0.1) is 0 Å². The van der Waals surface area contributed by atoms with E-state index >= 15 is 0 Å². The highest BCUT2D eigenvalue weighted by molar-refractivity contribution is 5.87. The molecule has 3 atom stereocenters. The highest BCUT2D eigenvalue weighted by Crippen LogP contribution is 2.45. The zero-order chi connectivity index (χ0) is 10.4. The minimum atomic E-state index is -0.310. The molecule has 1 N–H and O–H groups in total. The molecule has 2 aliphatic carbocycles. The molecular formula is C12H18O2. The van der Waals surface area contributed by atoms with Crippen molar-refractivity contribution in [3.05, 3.63) is 12.2 Å². The fourth-order valence-electron chi connectivity index (χ4n) is 2.49. The van der Waals surface area contributed by atoms with E-state index in [0.29, 0.717) is 12.2 Å². The molecule has 0 aromatic carbocycles. The standard InChI is InChI=1S/C12H18O2/c1-11-5-3-10(14)12(2,8-7-11)6-4-9(11)13/h7-9,13H,3-6H2,1-2H3/t9-,11+,12+/m0/s1. The monoisotopic (exact) mass is 194 g/mol. The Balaban J connectivity index is 2.41. The van der Waals surface area contributed by atoms with Gasteiger partial charge in [-0.05, 0) is 26.2 Å². The van der Waals surface area contributed by atoms with Gasteiger partial charge in [0.05, 0.1) is 6.10 Å². The first-order valence-electron chi connectivity index (χ1n) is 5.38. The third-order valence-corrected chi connectivity index (χ3v) is 4.06. The van der Waals surface area contributed by atoms with E-state index in [9.17, 15) is 9.90 Å². The predicted octanol–water partition coefficient (Wildman–Crippen LogP) is 2.07. The van der Waals surface area contributed by atoms with Gasteiger partial charge in [0.1, 0.15) is 5.78 Å². The highest BCUT2D eigenvalue weighted by atomic mass is 16.3. The number of hydrogen-bond acceptors (Lipinski definition) is 2. The number of carbonyl (C=O) groups is 1. The van der Waals surface area contributed by atoms with Crippen molar-refractivity contribution in [2.45, 2.75) is 45.6 Å². The maximum atomic E-state index is 11.9. The first-order valence-corrected chi connectivity index (χ1v) is 5.38. The van der Waals surface area contributed by atoms with E-state index in [4.69, 9.17) is 0 Å². The van der Waals surface area contributed by atoms with Crippen molar-refractivity contribution in [1.82, 2.24) is 0 Å². The van der Waals surface area contributed by atoms with Crippen molar-refractivity contribution >= 4 is 5.78 Å². The SMILES string of the molecule is C[C@@]12C=C[C@@](C)(CCC1=O)[C@@H](O)CC2. The van der Waals surface area contributed by atoms with Crippen molar-refractivity contribution in [2.24, 2.45) is 10.8 Å². The third-order valence-electron chi connectivity index (χ3n) is 4.06. The molecule has 2 heteroatoms. The maximum Gasteiger partial charge on any atom is 0.142 e. The first kappa shape index (κ1) is 9.91. The number of aliphatic hydroxyl groups is 1. The summed E-state index contributed by atoms with van der Waals surface area (Å²) in [6, 6.07) is 0. The summed E-state index contributed by atoms with van der Waals surface area (Å²) in [6.07, 6.45) is 6.74. The lowest BCUT2D eigenvalue weighted by atomic mass is 9.74. The molecule has 0 fully saturated rings. The summed E-state index contributed by atoms with van der Waals surface area (Å²) in [7, 11) is 0. The molecule has 0 spiro atoms. The van der Waals surface area contributed by atoms with Gasteiger partial charge in [0.25, 0.3) is 0 Å². The van der Waals surface area contributed by atoms with Crippen LogP contribution in [0.1, 0.15) is 39.5 Å². The summed E-state index contributed by atoms with van der Waals surface area (Å²) < 4.78 is 0. The lowest BCUT2D eigenvalue weighted by Crippen LogP contribution is -2.34. The maximum absolute atomic E-state index is 11.9. The van der Waals surface area contributed by atoms with Crippen LogP contribution in [-0.4, -0.2) is 17.0 Å². The average Bonchev–Trinajstić information content (AvgIpc) is 2.34. The second-order valence-corrected chi connectivity index (χ2v) is 5.23. The van der Waals surface area contributed by atoms with Gasteiger partial charge in [0, 0.05) is 17.3 Å². The second-order valence-electron chi connectivity index (χ2n) is 5.23. The molecule has 14 heavy (non-hydrogen) atoms. The number of hydrogen-bond donors (Lipinski definition) is 1. The van der Waals surface area contributed by atoms with Crippen LogP contribution in [0.3, 0.4) is 0 Å². The van der Waals surface area contributed by atoms with Crippen LogP contribution < -0.4 is 0 Å². The van der Waals surface area contributed by atoms with Crippen molar-refractivity contribution in [1.29, 1.82) is 0 Å². The molecule has 2 nitrogen and oxygen atoms in total. The van der Waals surface area contributed by atoms with Crippen LogP contribution >= 0.6 is 0 Å². The molecule has 0 saturated carbocycles. The quantitative estimate of drug-likeness (QED) is 0.599. The summed E-state index contributed by atoms with van der Waals surface area (Å²) in [6.45, 7) is 4.05. The molecule has 0 aliphatic heterocycles. The predicted molar refractivity (Wildman–Crippen MR) is 54.8 cm³/mol. The molecule has 0 aromatic rings. The van der Waals surface area contributed by atoms with Crippen LogP contribution in [0.4, 0.5) is 0 Å². The van der Waals surface area contributed by atoms with Gasteiger partial charge in [0.15, 0.2) is 0 Å². The molecule has 0 amide bonds. The molecule has 2 aliphatic rings. The number of allylic oxidation sites excluding steroid dienone is 1. The Morgan fingerprint density at radius 2 is 2.07 bits per heavy atom. The minimum absolute atomic E-state index is 0.177. The fraction of sp³-hybridized carbons (Fsp3) is 0.750. The number of Topliss-reactive ketones (excluding diaryl/α,β-unsaturated/α-hetero) is 1. The fourth-order valence-corrected chi connectivity index (χ4v) is 2.49. The van der Waals surface area contributed by atoms with Crippen LogP contribution in [0, 0.1) is 10.8 Å². The van der Waals surface area contributed by atoms with E-state index in [-0.39, 0.29) is 16.9 Å². The second kappa shape index (κ2) is 2.93. The Morgan fingerprint density at radius 3 is 2.79 bits per heavy atom. The van der Waals surface area contributed by atoms with Crippen LogP contribution in [-0.2, 0) is 4.79 Å². The van der Waals surface area contributed by atoms with E-state index in [2.05, 4.69) is 13.0 Å². The van der Waals surface area contributed by atoms with Crippen molar-refractivity contribution in [3.8, 4) is 0 Å². The van der Waals surface area contributed by atoms with Gasteiger partial charge >= 0.3 is 0 Å². The minimum Gasteiger partial charge on any atom is -0.392 e. The molecule has 0 heterocycles. The van der Waals surface area contributed by atoms with E-state index in [1.807, 2.05) is 13.0 Å².